The molecule has 2 aromatic carbocycles. The number of para-hydroxylation sites is 1. The first-order chi connectivity index (χ1) is 10.9. The van der Waals surface area contributed by atoms with Crippen molar-refractivity contribution in [3.05, 3.63) is 60.2 Å². The van der Waals surface area contributed by atoms with Crippen molar-refractivity contribution in [3.8, 4) is 11.5 Å². The summed E-state index contributed by atoms with van der Waals surface area (Å²) < 4.78 is 16.5. The van der Waals surface area contributed by atoms with Crippen molar-refractivity contribution < 1.29 is 23.9 Å². The molecule has 0 amide bonds. The number of carbonyl (C=O) groups excluding carboxylic acids is 1. The van der Waals surface area contributed by atoms with Crippen LogP contribution in [0.3, 0.4) is 0 Å². The van der Waals surface area contributed by atoms with Gasteiger partial charge in [-0.05, 0) is 42.7 Å². The monoisotopic (exact) mass is 334 g/mol. The summed E-state index contributed by atoms with van der Waals surface area (Å²) in [6, 6.07) is 17.0. The molecular weight excluding hydrogens is 315 g/mol. The van der Waals surface area contributed by atoms with Crippen LogP contribution < -0.4 is 4.74 Å². The number of carbonyl (C=O) groups is 1. The lowest BCUT2D eigenvalue weighted by Gasteiger charge is -2.08. The second-order valence-electron chi connectivity index (χ2n) is 5.28. The van der Waals surface area contributed by atoms with Crippen molar-refractivity contribution >= 4 is 13.4 Å². The van der Waals surface area contributed by atoms with Crippen molar-refractivity contribution in [2.24, 2.45) is 0 Å². The van der Waals surface area contributed by atoms with Gasteiger partial charge in [-0.3, -0.25) is 9.36 Å². The Balaban J connectivity index is 1.86. The van der Waals surface area contributed by atoms with Gasteiger partial charge in [-0.1, -0.05) is 30.3 Å². The standard InChI is InChI=1S/C17H19O5P/c18-15(13-23(19,20)21)8-4-6-14-7-5-11-17(12-14)22-16-9-2-1-3-10-16/h1-3,5,7,9-12H,4,6,8,13H2,(H2,19,20,21). The lowest BCUT2D eigenvalue weighted by molar-refractivity contribution is -0.116. The largest absolute Gasteiger partial charge is 0.457 e. The summed E-state index contributed by atoms with van der Waals surface area (Å²) in [4.78, 5) is 28.9. The van der Waals surface area contributed by atoms with E-state index in [0.29, 0.717) is 12.8 Å². The molecule has 0 saturated heterocycles. The van der Waals surface area contributed by atoms with Crippen LogP contribution in [0.2, 0.25) is 0 Å². The molecule has 0 bridgehead atoms. The molecule has 0 spiro atoms. The van der Waals surface area contributed by atoms with Crippen LogP contribution in [-0.4, -0.2) is 21.7 Å². The van der Waals surface area contributed by atoms with Crippen LogP contribution in [0.1, 0.15) is 18.4 Å². The van der Waals surface area contributed by atoms with E-state index in [-0.39, 0.29) is 6.42 Å². The van der Waals surface area contributed by atoms with Gasteiger partial charge in [0.2, 0.25) is 0 Å². The maximum Gasteiger partial charge on any atom is 0.332 e. The Morgan fingerprint density at radius 1 is 1.00 bits per heavy atom. The third kappa shape index (κ3) is 6.78. The lowest BCUT2D eigenvalue weighted by Crippen LogP contribution is -2.05. The van der Waals surface area contributed by atoms with E-state index >= 15 is 0 Å². The average Bonchev–Trinajstić information content (AvgIpc) is 2.47. The summed E-state index contributed by atoms with van der Waals surface area (Å²) in [5.74, 6) is 1.06. The highest BCUT2D eigenvalue weighted by Gasteiger charge is 2.18. The van der Waals surface area contributed by atoms with E-state index in [2.05, 4.69) is 0 Å². The molecule has 0 unspecified atom stereocenters. The average molecular weight is 334 g/mol. The Bertz CT molecular complexity index is 693. The van der Waals surface area contributed by atoms with Gasteiger partial charge < -0.3 is 14.5 Å². The zero-order valence-electron chi connectivity index (χ0n) is 12.6. The van der Waals surface area contributed by atoms with Crippen LogP contribution in [0.25, 0.3) is 0 Å². The van der Waals surface area contributed by atoms with Gasteiger partial charge in [0.15, 0.2) is 0 Å². The summed E-state index contributed by atoms with van der Waals surface area (Å²) in [5, 5.41) is 0. The highest BCUT2D eigenvalue weighted by molar-refractivity contribution is 7.52. The highest BCUT2D eigenvalue weighted by atomic mass is 31.2. The van der Waals surface area contributed by atoms with Crippen LogP contribution in [0.4, 0.5) is 0 Å². The van der Waals surface area contributed by atoms with Gasteiger partial charge in [0, 0.05) is 6.42 Å². The predicted molar refractivity (Wildman–Crippen MR) is 87.8 cm³/mol. The van der Waals surface area contributed by atoms with E-state index in [0.717, 1.165) is 17.1 Å². The molecule has 6 heteroatoms. The van der Waals surface area contributed by atoms with Gasteiger partial charge in [-0.25, -0.2) is 0 Å². The first kappa shape index (κ1) is 17.4. The molecule has 0 heterocycles. The third-order valence-corrected chi connectivity index (χ3v) is 3.95. The van der Waals surface area contributed by atoms with Crippen molar-refractivity contribution in [2.75, 3.05) is 6.16 Å². The first-order valence-corrected chi connectivity index (χ1v) is 9.10. The second-order valence-corrected chi connectivity index (χ2v) is 6.92. The maximum absolute atomic E-state index is 11.4. The van der Waals surface area contributed by atoms with E-state index in [1.54, 1.807) is 0 Å². The van der Waals surface area contributed by atoms with Crippen LogP contribution in [0.15, 0.2) is 54.6 Å². The number of hydrogen-bond acceptors (Lipinski definition) is 3. The zero-order valence-corrected chi connectivity index (χ0v) is 13.5. The second kappa shape index (κ2) is 8.06. The smallest absolute Gasteiger partial charge is 0.332 e. The molecule has 2 N–H and O–H groups in total. The summed E-state index contributed by atoms with van der Waals surface area (Å²) in [5.41, 5.74) is 1.02. The van der Waals surface area contributed by atoms with Gasteiger partial charge in [0.1, 0.15) is 23.4 Å². The molecule has 0 aromatic heterocycles. The minimum Gasteiger partial charge on any atom is -0.457 e. The molecule has 0 radical (unpaired) electrons. The third-order valence-electron chi connectivity index (χ3n) is 3.18. The van der Waals surface area contributed by atoms with Crippen molar-refractivity contribution in [3.63, 3.8) is 0 Å². The Morgan fingerprint density at radius 2 is 1.70 bits per heavy atom. The molecule has 0 atom stereocenters. The molecule has 2 rings (SSSR count). The number of rotatable bonds is 8. The fourth-order valence-corrected chi connectivity index (χ4v) is 2.81. The Labute approximate surface area is 135 Å². The lowest BCUT2D eigenvalue weighted by atomic mass is 10.1. The van der Waals surface area contributed by atoms with Crippen LogP contribution in [0, 0.1) is 0 Å². The maximum atomic E-state index is 11.4. The van der Waals surface area contributed by atoms with Gasteiger partial charge in [-0.2, -0.15) is 0 Å². The van der Waals surface area contributed by atoms with Crippen molar-refractivity contribution in [1.29, 1.82) is 0 Å². The van der Waals surface area contributed by atoms with Crippen molar-refractivity contribution in [2.45, 2.75) is 19.3 Å². The minimum atomic E-state index is -4.25. The van der Waals surface area contributed by atoms with Gasteiger partial charge >= 0.3 is 7.60 Å². The Hall–Kier alpha value is -1.94. The Morgan fingerprint density at radius 3 is 2.39 bits per heavy atom. The van der Waals surface area contributed by atoms with E-state index in [1.165, 1.54) is 0 Å². The predicted octanol–water partition coefficient (Wildman–Crippen LogP) is 3.55. The number of Topliss-reactive ketones (excluding diaryl/α,β-unsaturated/α-hetero) is 1. The highest BCUT2D eigenvalue weighted by Crippen LogP contribution is 2.34. The fourth-order valence-electron chi connectivity index (χ4n) is 2.19. The molecule has 0 aliphatic carbocycles. The van der Waals surface area contributed by atoms with Crippen molar-refractivity contribution in [1.82, 2.24) is 0 Å². The van der Waals surface area contributed by atoms with E-state index in [9.17, 15) is 9.36 Å². The molecule has 0 aliphatic rings. The molecule has 2 aromatic rings. The van der Waals surface area contributed by atoms with Crippen LogP contribution >= 0.6 is 7.60 Å². The fraction of sp³-hybridized carbons (Fsp3) is 0.235. The summed E-state index contributed by atoms with van der Waals surface area (Å²) in [6.45, 7) is 0. The molecule has 5 nitrogen and oxygen atoms in total. The Kier molecular flexibility index (Phi) is 6.11. The SMILES string of the molecule is O=C(CCCc1cccc(Oc2ccccc2)c1)CP(=O)(O)O. The van der Waals surface area contributed by atoms with Gasteiger partial charge in [0.05, 0.1) is 0 Å². The van der Waals surface area contributed by atoms with E-state index < -0.39 is 19.5 Å². The van der Waals surface area contributed by atoms with E-state index in [1.807, 2.05) is 54.6 Å². The number of ether oxygens (including phenoxy) is 1. The first-order valence-electron chi connectivity index (χ1n) is 7.30. The summed E-state index contributed by atoms with van der Waals surface area (Å²) >= 11 is 0. The van der Waals surface area contributed by atoms with Crippen LogP contribution in [0.5, 0.6) is 11.5 Å². The number of aryl methyl sites for hydroxylation is 1. The molecule has 0 saturated carbocycles. The summed E-state index contributed by atoms with van der Waals surface area (Å²) in [6.07, 6.45) is 0.686. The quantitative estimate of drug-likeness (QED) is 0.721. The summed E-state index contributed by atoms with van der Waals surface area (Å²) in [7, 11) is -4.25. The molecular formula is C17H19O5P. The molecule has 23 heavy (non-hydrogen) atoms. The minimum absolute atomic E-state index is 0.162. The van der Waals surface area contributed by atoms with Gasteiger partial charge in [0.25, 0.3) is 0 Å². The zero-order chi connectivity index (χ0) is 16.7. The molecule has 0 fully saturated rings. The van der Waals surface area contributed by atoms with Gasteiger partial charge in [-0.15, -0.1) is 0 Å². The topological polar surface area (TPSA) is 83.8 Å². The number of hydrogen-bond donors (Lipinski definition) is 2. The number of ketones is 1. The normalized spacial score (nSPS) is 11.2. The van der Waals surface area contributed by atoms with Crippen LogP contribution in [-0.2, 0) is 15.8 Å². The molecule has 122 valence electrons. The molecule has 0 aliphatic heterocycles. The number of benzene rings is 2. The van der Waals surface area contributed by atoms with E-state index in [4.69, 9.17) is 14.5 Å².